The van der Waals surface area contributed by atoms with Gasteiger partial charge in [0.2, 0.25) is 5.91 Å². The molecule has 25 heavy (non-hydrogen) atoms. The highest BCUT2D eigenvalue weighted by Gasteiger charge is 2.10. The van der Waals surface area contributed by atoms with E-state index in [2.05, 4.69) is 11.4 Å². The van der Waals surface area contributed by atoms with Gasteiger partial charge < -0.3 is 14.8 Å². The molecule has 0 aliphatic rings. The molecule has 0 radical (unpaired) electrons. The average Bonchev–Trinajstić information content (AvgIpc) is 3.00. The zero-order valence-corrected chi connectivity index (χ0v) is 14.0. The molecule has 3 rings (SSSR count). The molecule has 2 aromatic carbocycles. The molecule has 2 N–H and O–H groups in total. The Morgan fingerprint density at radius 3 is 2.68 bits per heavy atom. The Kier molecular flexibility index (Phi) is 5.33. The summed E-state index contributed by atoms with van der Waals surface area (Å²) in [4.78, 5) is 22.4. The molecule has 0 spiro atoms. The molecule has 0 aliphatic carbocycles. The highest BCUT2D eigenvalue weighted by molar-refractivity contribution is 6.06. The number of carboxylic acid groups (broad SMARTS) is 1. The van der Waals surface area contributed by atoms with Gasteiger partial charge in [-0.3, -0.25) is 9.59 Å². The topological polar surface area (TPSA) is 79.5 Å². The summed E-state index contributed by atoms with van der Waals surface area (Å²) in [6.45, 7) is 0.557. The average molecular weight is 339 g/mol. The second-order valence-corrected chi connectivity index (χ2v) is 6.14. The van der Waals surface area contributed by atoms with E-state index in [1.54, 1.807) is 0 Å². The van der Waals surface area contributed by atoms with Crippen molar-refractivity contribution in [2.75, 3.05) is 6.54 Å². The van der Waals surface area contributed by atoms with E-state index in [0.717, 1.165) is 34.6 Å². The number of benzene rings is 2. The third-order valence-electron chi connectivity index (χ3n) is 4.20. The van der Waals surface area contributed by atoms with Crippen LogP contribution in [0, 0.1) is 0 Å². The first-order valence-electron chi connectivity index (χ1n) is 8.52. The summed E-state index contributed by atoms with van der Waals surface area (Å²) in [5.41, 5.74) is 0.787. The minimum Gasteiger partial charge on any atom is -0.481 e. The van der Waals surface area contributed by atoms with Gasteiger partial charge in [-0.1, -0.05) is 36.8 Å². The number of nitrogens with one attached hydrogen (secondary N) is 1. The smallest absolute Gasteiger partial charge is 0.303 e. The van der Waals surface area contributed by atoms with E-state index in [9.17, 15) is 9.59 Å². The van der Waals surface area contributed by atoms with E-state index in [4.69, 9.17) is 9.52 Å². The fourth-order valence-electron chi connectivity index (χ4n) is 2.96. The van der Waals surface area contributed by atoms with Crippen molar-refractivity contribution in [1.29, 1.82) is 0 Å². The Labute approximate surface area is 145 Å². The number of hydrogen-bond acceptors (Lipinski definition) is 3. The van der Waals surface area contributed by atoms with Crippen LogP contribution in [0.2, 0.25) is 0 Å². The number of unbranched alkanes of at least 4 members (excludes halogenated alkanes) is 2. The Hall–Kier alpha value is -2.82. The lowest BCUT2D eigenvalue weighted by Crippen LogP contribution is -2.25. The predicted molar refractivity (Wildman–Crippen MR) is 96.5 cm³/mol. The standard InChI is InChI=1S/C20H21NO4/c22-19(21-11-5-1-2-8-20(23)24)13-15-12-17-16-7-4-3-6-14(16)9-10-18(17)25-15/h3-4,6-7,9-10,12H,1-2,5,8,11,13H2,(H,21,22)(H,23,24). The lowest BCUT2D eigenvalue weighted by atomic mass is 10.1. The fourth-order valence-corrected chi connectivity index (χ4v) is 2.96. The van der Waals surface area contributed by atoms with Crippen molar-refractivity contribution in [3.63, 3.8) is 0 Å². The molecular formula is C20H21NO4. The van der Waals surface area contributed by atoms with Crippen LogP contribution in [0.3, 0.4) is 0 Å². The second-order valence-electron chi connectivity index (χ2n) is 6.14. The number of hydrogen-bond donors (Lipinski definition) is 2. The van der Waals surface area contributed by atoms with E-state index in [1.165, 1.54) is 0 Å². The van der Waals surface area contributed by atoms with Gasteiger partial charge in [0.05, 0.1) is 6.42 Å². The molecule has 0 aliphatic heterocycles. The Morgan fingerprint density at radius 1 is 1.00 bits per heavy atom. The van der Waals surface area contributed by atoms with Crippen molar-refractivity contribution in [3.05, 3.63) is 48.2 Å². The third-order valence-corrected chi connectivity index (χ3v) is 4.20. The Bertz CT molecular complexity index is 897. The summed E-state index contributed by atoms with van der Waals surface area (Å²) < 4.78 is 5.79. The van der Waals surface area contributed by atoms with Gasteiger partial charge in [0.1, 0.15) is 11.3 Å². The largest absolute Gasteiger partial charge is 0.481 e. The van der Waals surface area contributed by atoms with Crippen molar-refractivity contribution >= 4 is 33.6 Å². The van der Waals surface area contributed by atoms with E-state index in [-0.39, 0.29) is 18.7 Å². The number of fused-ring (bicyclic) bond motifs is 3. The molecule has 1 aromatic heterocycles. The van der Waals surface area contributed by atoms with E-state index >= 15 is 0 Å². The van der Waals surface area contributed by atoms with Crippen molar-refractivity contribution in [2.45, 2.75) is 32.1 Å². The highest BCUT2D eigenvalue weighted by Crippen LogP contribution is 2.28. The summed E-state index contributed by atoms with van der Waals surface area (Å²) >= 11 is 0. The number of carboxylic acids is 1. The molecule has 0 unspecified atom stereocenters. The van der Waals surface area contributed by atoms with Gasteiger partial charge in [0.25, 0.3) is 0 Å². The van der Waals surface area contributed by atoms with Crippen LogP contribution in [0.4, 0.5) is 0 Å². The number of carbonyl (C=O) groups is 2. The molecule has 130 valence electrons. The van der Waals surface area contributed by atoms with Crippen LogP contribution in [0.15, 0.2) is 46.9 Å². The van der Waals surface area contributed by atoms with Gasteiger partial charge in [-0.2, -0.15) is 0 Å². The zero-order valence-electron chi connectivity index (χ0n) is 14.0. The zero-order chi connectivity index (χ0) is 17.6. The minimum absolute atomic E-state index is 0.0819. The molecule has 0 atom stereocenters. The van der Waals surface area contributed by atoms with Crippen LogP contribution >= 0.6 is 0 Å². The van der Waals surface area contributed by atoms with E-state index in [1.807, 2.05) is 36.4 Å². The second kappa shape index (κ2) is 7.83. The maximum absolute atomic E-state index is 12.0. The number of aliphatic carboxylic acids is 1. The molecule has 0 saturated heterocycles. The summed E-state index contributed by atoms with van der Waals surface area (Å²) in [5, 5.41) is 14.7. The lowest BCUT2D eigenvalue weighted by Gasteiger charge is -2.03. The van der Waals surface area contributed by atoms with Crippen LogP contribution < -0.4 is 5.32 Å². The Morgan fingerprint density at radius 2 is 1.84 bits per heavy atom. The number of furan rings is 1. The maximum atomic E-state index is 12.0. The van der Waals surface area contributed by atoms with Crippen molar-refractivity contribution < 1.29 is 19.1 Å². The molecule has 1 heterocycles. The van der Waals surface area contributed by atoms with Crippen molar-refractivity contribution in [2.24, 2.45) is 0 Å². The molecule has 5 heteroatoms. The number of amides is 1. The third kappa shape index (κ3) is 4.38. The van der Waals surface area contributed by atoms with Crippen LogP contribution in [0.5, 0.6) is 0 Å². The number of rotatable bonds is 8. The van der Waals surface area contributed by atoms with Gasteiger partial charge in [-0.05, 0) is 35.7 Å². The van der Waals surface area contributed by atoms with Gasteiger partial charge in [-0.15, -0.1) is 0 Å². The number of carbonyl (C=O) groups excluding carboxylic acids is 1. The first kappa shape index (κ1) is 17.0. The van der Waals surface area contributed by atoms with Crippen LogP contribution in [0.1, 0.15) is 31.4 Å². The van der Waals surface area contributed by atoms with Gasteiger partial charge >= 0.3 is 5.97 Å². The quantitative estimate of drug-likeness (QED) is 0.610. The van der Waals surface area contributed by atoms with Crippen LogP contribution in [0.25, 0.3) is 21.7 Å². The molecule has 0 saturated carbocycles. The van der Waals surface area contributed by atoms with Crippen LogP contribution in [-0.4, -0.2) is 23.5 Å². The van der Waals surface area contributed by atoms with Gasteiger partial charge in [0, 0.05) is 18.4 Å². The minimum atomic E-state index is -0.776. The van der Waals surface area contributed by atoms with Crippen molar-refractivity contribution in [1.82, 2.24) is 5.32 Å². The van der Waals surface area contributed by atoms with Gasteiger partial charge in [-0.25, -0.2) is 0 Å². The van der Waals surface area contributed by atoms with Gasteiger partial charge in [0.15, 0.2) is 0 Å². The molecule has 5 nitrogen and oxygen atoms in total. The highest BCUT2D eigenvalue weighted by atomic mass is 16.4. The molecule has 1 amide bonds. The lowest BCUT2D eigenvalue weighted by molar-refractivity contribution is -0.137. The SMILES string of the molecule is O=C(O)CCCCCNC(=O)Cc1cc2c(ccc3ccccc32)o1. The van der Waals surface area contributed by atoms with E-state index in [0.29, 0.717) is 18.7 Å². The first-order chi connectivity index (χ1) is 12.1. The van der Waals surface area contributed by atoms with Crippen LogP contribution in [-0.2, 0) is 16.0 Å². The fraction of sp³-hybridized carbons (Fsp3) is 0.300. The molecule has 0 fully saturated rings. The summed E-state index contributed by atoms with van der Waals surface area (Å²) in [5.74, 6) is -0.210. The normalized spacial score (nSPS) is 11.0. The monoisotopic (exact) mass is 339 g/mol. The molecular weight excluding hydrogens is 318 g/mol. The molecule has 3 aromatic rings. The predicted octanol–water partition coefficient (Wildman–Crippen LogP) is 3.89. The first-order valence-corrected chi connectivity index (χ1v) is 8.52. The maximum Gasteiger partial charge on any atom is 0.303 e. The van der Waals surface area contributed by atoms with E-state index < -0.39 is 5.97 Å². The summed E-state index contributed by atoms with van der Waals surface area (Å²) in [6.07, 6.45) is 2.61. The Balaban J connectivity index is 1.55. The molecule has 0 bridgehead atoms. The summed E-state index contributed by atoms with van der Waals surface area (Å²) in [7, 11) is 0. The summed E-state index contributed by atoms with van der Waals surface area (Å²) in [6, 6.07) is 14.0. The van der Waals surface area contributed by atoms with Crippen molar-refractivity contribution in [3.8, 4) is 0 Å².